The summed E-state index contributed by atoms with van der Waals surface area (Å²) in [7, 11) is 0. The molecule has 0 aliphatic carbocycles. The van der Waals surface area contributed by atoms with Crippen LogP contribution in [0.4, 0.5) is 4.39 Å². The van der Waals surface area contributed by atoms with Gasteiger partial charge in [-0.1, -0.05) is 0 Å². The summed E-state index contributed by atoms with van der Waals surface area (Å²) in [5, 5.41) is 0. The van der Waals surface area contributed by atoms with Gasteiger partial charge in [0.1, 0.15) is 12.9 Å². The first kappa shape index (κ1) is 4.43. The highest BCUT2D eigenvalue weighted by Gasteiger charge is 2.02. The minimum absolute atomic E-state index is 0.166. The molecule has 0 fully saturated rings. The first-order chi connectivity index (χ1) is 3.43. The fourth-order valence-corrected chi connectivity index (χ4v) is 0.341. The van der Waals surface area contributed by atoms with Crippen LogP contribution in [-0.4, -0.2) is 13.5 Å². The maximum Gasteiger partial charge on any atom is 0.230 e. The van der Waals surface area contributed by atoms with Crippen LogP contribution < -0.4 is 0 Å². The van der Waals surface area contributed by atoms with Crippen molar-refractivity contribution in [1.29, 1.82) is 0 Å². The van der Waals surface area contributed by atoms with E-state index in [0.717, 1.165) is 0 Å². The number of halogens is 1. The lowest BCUT2D eigenvalue weighted by Crippen LogP contribution is -1.85. The lowest BCUT2D eigenvalue weighted by molar-refractivity contribution is 0.0754. The summed E-state index contributed by atoms with van der Waals surface area (Å²) in [6, 6.07) is 0. The molecular weight excluding hydrogens is 99.0 g/mol. The van der Waals surface area contributed by atoms with Crippen molar-refractivity contribution in [3.8, 4) is 0 Å². The van der Waals surface area contributed by atoms with Crippen LogP contribution in [0, 0.1) is 0 Å². The molecule has 7 heavy (non-hydrogen) atoms. The van der Waals surface area contributed by atoms with Gasteiger partial charge in [0, 0.05) is 0 Å². The lowest BCUT2D eigenvalue weighted by Gasteiger charge is -1.89. The van der Waals surface area contributed by atoms with Crippen LogP contribution in [0.3, 0.4) is 0 Å². The molecule has 3 heteroatoms. The smallest absolute Gasteiger partial charge is 0.230 e. The minimum Gasteiger partial charge on any atom is -0.462 e. The normalized spacial score (nSPS) is 17.6. The molecule has 0 spiro atoms. The van der Waals surface area contributed by atoms with Gasteiger partial charge < -0.3 is 9.47 Å². The molecule has 0 unspecified atom stereocenters. The van der Waals surface area contributed by atoms with E-state index in [1.807, 2.05) is 0 Å². The summed E-state index contributed by atoms with van der Waals surface area (Å²) in [6.45, 7) is -0.404. The number of rotatable bonds is 1. The highest BCUT2D eigenvalue weighted by atomic mass is 19.1. The summed E-state index contributed by atoms with van der Waals surface area (Å²) >= 11 is 0. The topological polar surface area (TPSA) is 18.5 Å². The van der Waals surface area contributed by atoms with E-state index in [1.165, 1.54) is 6.26 Å². The van der Waals surface area contributed by atoms with Crippen molar-refractivity contribution in [2.24, 2.45) is 0 Å². The summed E-state index contributed by atoms with van der Waals surface area (Å²) in [6.07, 6.45) is 1.28. The van der Waals surface area contributed by atoms with Crippen molar-refractivity contribution in [3.63, 3.8) is 0 Å². The summed E-state index contributed by atoms with van der Waals surface area (Å²) < 4.78 is 20.5. The number of hydrogen-bond acceptors (Lipinski definition) is 2. The third-order valence-electron chi connectivity index (χ3n) is 0.659. The van der Waals surface area contributed by atoms with Crippen LogP contribution in [-0.2, 0) is 9.47 Å². The molecule has 2 nitrogen and oxygen atoms in total. The van der Waals surface area contributed by atoms with Crippen molar-refractivity contribution < 1.29 is 13.9 Å². The Balaban J connectivity index is 2.36. The first-order valence-corrected chi connectivity index (χ1v) is 1.93. The number of hydrogen-bond donors (Lipinski definition) is 0. The maximum atomic E-state index is 11.4. The zero-order valence-corrected chi connectivity index (χ0v) is 3.69. The Hall–Kier alpha value is -0.730. The maximum absolute atomic E-state index is 11.4. The summed E-state index contributed by atoms with van der Waals surface area (Å²) in [4.78, 5) is 0. The van der Waals surface area contributed by atoms with Crippen molar-refractivity contribution in [1.82, 2.24) is 0 Å². The van der Waals surface area contributed by atoms with Gasteiger partial charge in [0.25, 0.3) is 0 Å². The monoisotopic (exact) mass is 104 g/mol. The summed E-state index contributed by atoms with van der Waals surface area (Å²) in [5.74, 6) is 0.278. The molecular formula is C4H5FO2. The molecule has 0 saturated carbocycles. The number of alkyl halides is 1. The van der Waals surface area contributed by atoms with Crippen LogP contribution in [0.15, 0.2) is 12.0 Å². The largest absolute Gasteiger partial charge is 0.462 e. The molecule has 0 radical (unpaired) electrons. The van der Waals surface area contributed by atoms with Crippen LogP contribution in [0.25, 0.3) is 0 Å². The highest BCUT2D eigenvalue weighted by molar-refractivity contribution is 4.89. The van der Waals surface area contributed by atoms with E-state index in [-0.39, 0.29) is 12.6 Å². The van der Waals surface area contributed by atoms with Crippen molar-refractivity contribution >= 4 is 0 Å². The second-order valence-corrected chi connectivity index (χ2v) is 1.15. The number of ether oxygens (including phenoxy) is 2. The van der Waals surface area contributed by atoms with Crippen molar-refractivity contribution in [2.45, 2.75) is 0 Å². The third-order valence-corrected chi connectivity index (χ3v) is 0.659. The van der Waals surface area contributed by atoms with Crippen LogP contribution >= 0.6 is 0 Å². The van der Waals surface area contributed by atoms with Gasteiger partial charge in [0.2, 0.25) is 6.79 Å². The lowest BCUT2D eigenvalue weighted by atomic mass is 10.6. The fraction of sp³-hybridized carbons (Fsp3) is 0.500. The van der Waals surface area contributed by atoms with E-state index >= 15 is 0 Å². The quantitative estimate of drug-likeness (QED) is 0.490. The molecule has 40 valence electrons. The average molecular weight is 104 g/mol. The second-order valence-electron chi connectivity index (χ2n) is 1.15. The van der Waals surface area contributed by atoms with E-state index in [9.17, 15) is 4.39 Å². The molecule has 1 rings (SSSR count). The van der Waals surface area contributed by atoms with Crippen LogP contribution in [0.2, 0.25) is 0 Å². The molecule has 0 aromatic carbocycles. The Labute approximate surface area is 40.5 Å². The van der Waals surface area contributed by atoms with Gasteiger partial charge in [-0.2, -0.15) is 0 Å². The minimum atomic E-state index is -0.569. The molecule has 0 N–H and O–H groups in total. The average Bonchev–Trinajstić information content (AvgIpc) is 2.14. The Morgan fingerprint density at radius 1 is 1.86 bits per heavy atom. The zero-order valence-electron chi connectivity index (χ0n) is 3.69. The Morgan fingerprint density at radius 2 is 2.71 bits per heavy atom. The van der Waals surface area contributed by atoms with Gasteiger partial charge in [-0.3, -0.25) is 0 Å². The van der Waals surface area contributed by atoms with E-state index in [4.69, 9.17) is 0 Å². The zero-order chi connectivity index (χ0) is 5.11. The molecule has 0 aromatic heterocycles. The van der Waals surface area contributed by atoms with E-state index in [0.29, 0.717) is 0 Å². The number of allylic oxidation sites excluding steroid dienone is 1. The molecule has 0 amide bonds. The fourth-order valence-electron chi connectivity index (χ4n) is 0.341. The van der Waals surface area contributed by atoms with E-state index < -0.39 is 6.67 Å². The molecule has 0 aromatic rings. The molecule has 1 heterocycles. The SMILES string of the molecule is FCC1=COCO1. The summed E-state index contributed by atoms with van der Waals surface area (Å²) in [5.41, 5.74) is 0. The predicted molar refractivity (Wildman–Crippen MR) is 21.1 cm³/mol. The van der Waals surface area contributed by atoms with Gasteiger partial charge in [0.15, 0.2) is 5.76 Å². The van der Waals surface area contributed by atoms with Gasteiger partial charge in [-0.05, 0) is 0 Å². The Bertz CT molecular complexity index is 89.7. The predicted octanol–water partition coefficient (Wildman–Crippen LogP) is 0.802. The van der Waals surface area contributed by atoms with Gasteiger partial charge in [0.05, 0.1) is 0 Å². The van der Waals surface area contributed by atoms with Crippen LogP contribution in [0.5, 0.6) is 0 Å². The highest BCUT2D eigenvalue weighted by Crippen LogP contribution is 2.04. The Kier molecular flexibility index (Phi) is 1.15. The van der Waals surface area contributed by atoms with Gasteiger partial charge in [-0.25, -0.2) is 4.39 Å². The van der Waals surface area contributed by atoms with Crippen molar-refractivity contribution in [2.75, 3.05) is 13.5 Å². The Morgan fingerprint density at radius 3 is 3.00 bits per heavy atom. The van der Waals surface area contributed by atoms with Gasteiger partial charge >= 0.3 is 0 Å². The van der Waals surface area contributed by atoms with E-state index in [1.54, 1.807) is 0 Å². The van der Waals surface area contributed by atoms with E-state index in [2.05, 4.69) is 9.47 Å². The molecule has 0 atom stereocenters. The third kappa shape index (κ3) is 0.824. The second kappa shape index (κ2) is 1.82. The molecule has 0 bridgehead atoms. The molecule has 1 aliphatic rings. The van der Waals surface area contributed by atoms with Crippen LogP contribution in [0.1, 0.15) is 0 Å². The molecule has 0 saturated heterocycles. The standard InChI is InChI=1S/C4H5FO2/c5-1-4-2-6-3-7-4/h2H,1,3H2. The molecule has 1 aliphatic heterocycles. The van der Waals surface area contributed by atoms with Crippen molar-refractivity contribution in [3.05, 3.63) is 12.0 Å². The van der Waals surface area contributed by atoms with Gasteiger partial charge in [-0.15, -0.1) is 0 Å². The first-order valence-electron chi connectivity index (χ1n) is 1.93.